The van der Waals surface area contributed by atoms with Gasteiger partial charge >= 0.3 is 0 Å². The standard InChI is InChI=1S/C15H20FN5O2/c1-20(2)15-18-13(23-19-15)10-21-8-4-5-11(9-21)22-14-12(16)6-3-7-17-14/h3,6-7,11H,4-5,8-10H2,1-2H3/t11-/m1/s1. The predicted molar refractivity (Wildman–Crippen MR) is 81.7 cm³/mol. The Morgan fingerprint density at radius 1 is 1.48 bits per heavy atom. The molecule has 0 bridgehead atoms. The predicted octanol–water partition coefficient (Wildman–Crippen LogP) is 1.71. The van der Waals surface area contributed by atoms with Gasteiger partial charge in [0.05, 0.1) is 6.54 Å². The highest BCUT2D eigenvalue weighted by molar-refractivity contribution is 5.23. The molecular weight excluding hydrogens is 301 g/mol. The van der Waals surface area contributed by atoms with Crippen LogP contribution < -0.4 is 9.64 Å². The fourth-order valence-corrected chi connectivity index (χ4v) is 2.55. The number of pyridine rings is 1. The van der Waals surface area contributed by atoms with Crippen LogP contribution in [0, 0.1) is 5.82 Å². The maximum Gasteiger partial charge on any atom is 0.265 e. The van der Waals surface area contributed by atoms with Gasteiger partial charge in [-0.15, -0.1) is 0 Å². The smallest absolute Gasteiger partial charge is 0.265 e. The zero-order valence-electron chi connectivity index (χ0n) is 13.3. The van der Waals surface area contributed by atoms with E-state index in [9.17, 15) is 4.39 Å². The first-order valence-corrected chi connectivity index (χ1v) is 7.61. The number of halogens is 1. The lowest BCUT2D eigenvalue weighted by molar-refractivity contribution is 0.0715. The molecule has 3 rings (SSSR count). The van der Waals surface area contributed by atoms with E-state index in [2.05, 4.69) is 20.0 Å². The van der Waals surface area contributed by atoms with Crippen molar-refractivity contribution in [3.63, 3.8) is 0 Å². The largest absolute Gasteiger partial charge is 0.471 e. The number of hydrogen-bond acceptors (Lipinski definition) is 7. The highest BCUT2D eigenvalue weighted by atomic mass is 19.1. The van der Waals surface area contributed by atoms with Gasteiger partial charge in [0.25, 0.3) is 11.8 Å². The first-order chi connectivity index (χ1) is 11.1. The van der Waals surface area contributed by atoms with Crippen molar-refractivity contribution >= 4 is 5.95 Å². The maximum atomic E-state index is 13.6. The molecule has 2 aromatic heterocycles. The molecule has 1 aliphatic heterocycles. The SMILES string of the molecule is CN(C)c1noc(CN2CCC[C@@H](Oc3ncccc3F)C2)n1. The van der Waals surface area contributed by atoms with Crippen LogP contribution in [0.2, 0.25) is 0 Å². The normalized spacial score (nSPS) is 18.8. The number of nitrogens with zero attached hydrogens (tertiary/aromatic N) is 5. The van der Waals surface area contributed by atoms with E-state index >= 15 is 0 Å². The topological polar surface area (TPSA) is 67.5 Å². The molecule has 1 fully saturated rings. The number of aromatic nitrogens is 3. The lowest BCUT2D eigenvalue weighted by atomic mass is 10.1. The van der Waals surface area contributed by atoms with Crippen LogP contribution in [0.5, 0.6) is 5.88 Å². The van der Waals surface area contributed by atoms with Gasteiger partial charge in [0.15, 0.2) is 5.82 Å². The van der Waals surface area contributed by atoms with E-state index in [1.54, 1.807) is 11.0 Å². The van der Waals surface area contributed by atoms with Crippen LogP contribution in [0.3, 0.4) is 0 Å². The minimum absolute atomic E-state index is 0.0621. The third-order valence-corrected chi connectivity index (χ3v) is 3.68. The summed E-state index contributed by atoms with van der Waals surface area (Å²) in [5, 5.41) is 3.90. The number of likely N-dealkylation sites (tertiary alicyclic amines) is 1. The molecule has 0 radical (unpaired) electrons. The van der Waals surface area contributed by atoms with Crippen LogP contribution in [0.25, 0.3) is 0 Å². The summed E-state index contributed by atoms with van der Waals surface area (Å²) < 4.78 is 24.6. The summed E-state index contributed by atoms with van der Waals surface area (Å²) in [6, 6.07) is 2.90. The van der Waals surface area contributed by atoms with Gasteiger partial charge < -0.3 is 14.2 Å². The Bertz CT molecular complexity index is 648. The molecule has 0 aliphatic carbocycles. The average Bonchev–Trinajstić information content (AvgIpc) is 2.99. The molecule has 8 heteroatoms. The summed E-state index contributed by atoms with van der Waals surface area (Å²) >= 11 is 0. The van der Waals surface area contributed by atoms with Gasteiger partial charge in [0, 0.05) is 26.8 Å². The van der Waals surface area contributed by atoms with Gasteiger partial charge in [-0.1, -0.05) is 0 Å². The highest BCUT2D eigenvalue weighted by Gasteiger charge is 2.24. The van der Waals surface area contributed by atoms with E-state index in [0.717, 1.165) is 19.4 Å². The van der Waals surface area contributed by atoms with Crippen molar-refractivity contribution in [3.05, 3.63) is 30.0 Å². The van der Waals surface area contributed by atoms with Crippen LogP contribution in [0.1, 0.15) is 18.7 Å². The molecule has 3 heterocycles. The van der Waals surface area contributed by atoms with Crippen LogP contribution in [0.4, 0.5) is 10.3 Å². The molecule has 0 spiro atoms. The molecule has 1 atom stereocenters. The first kappa shape index (κ1) is 15.7. The Morgan fingerprint density at radius 2 is 2.35 bits per heavy atom. The van der Waals surface area contributed by atoms with E-state index in [1.807, 2.05) is 14.1 Å². The lowest BCUT2D eigenvalue weighted by Gasteiger charge is -2.31. The van der Waals surface area contributed by atoms with Crippen LogP contribution >= 0.6 is 0 Å². The Morgan fingerprint density at radius 3 is 3.09 bits per heavy atom. The van der Waals surface area contributed by atoms with E-state index in [-0.39, 0.29) is 12.0 Å². The summed E-state index contributed by atoms with van der Waals surface area (Å²) in [6.45, 7) is 2.16. The second-order valence-corrected chi connectivity index (χ2v) is 5.79. The van der Waals surface area contributed by atoms with Crippen molar-refractivity contribution in [1.82, 2.24) is 20.0 Å². The second kappa shape index (κ2) is 6.91. The minimum atomic E-state index is -0.433. The Hall–Kier alpha value is -2.22. The number of ether oxygens (including phenoxy) is 1. The van der Waals surface area contributed by atoms with Gasteiger partial charge in [-0.25, -0.2) is 9.37 Å². The summed E-state index contributed by atoms with van der Waals surface area (Å²) in [7, 11) is 3.72. The molecule has 0 aromatic carbocycles. The lowest BCUT2D eigenvalue weighted by Crippen LogP contribution is -2.40. The third-order valence-electron chi connectivity index (χ3n) is 3.68. The monoisotopic (exact) mass is 321 g/mol. The number of anilines is 1. The quantitative estimate of drug-likeness (QED) is 0.830. The summed E-state index contributed by atoms with van der Waals surface area (Å²) in [5.74, 6) is 0.753. The van der Waals surface area contributed by atoms with E-state index in [0.29, 0.717) is 24.9 Å². The molecule has 1 saturated heterocycles. The van der Waals surface area contributed by atoms with E-state index < -0.39 is 5.82 Å². The van der Waals surface area contributed by atoms with Gasteiger partial charge in [-0.3, -0.25) is 4.90 Å². The van der Waals surface area contributed by atoms with Gasteiger partial charge in [0.1, 0.15) is 6.10 Å². The van der Waals surface area contributed by atoms with Crippen molar-refractivity contribution in [2.45, 2.75) is 25.5 Å². The third kappa shape index (κ3) is 3.95. The minimum Gasteiger partial charge on any atom is -0.471 e. The molecule has 0 saturated carbocycles. The highest BCUT2D eigenvalue weighted by Crippen LogP contribution is 2.20. The van der Waals surface area contributed by atoms with Crippen molar-refractivity contribution in [3.8, 4) is 5.88 Å². The van der Waals surface area contributed by atoms with Gasteiger partial charge in [0.2, 0.25) is 5.89 Å². The molecule has 0 unspecified atom stereocenters. The summed E-state index contributed by atoms with van der Waals surface area (Å²) in [5.41, 5.74) is 0. The molecule has 7 nitrogen and oxygen atoms in total. The number of hydrogen-bond donors (Lipinski definition) is 0. The zero-order valence-corrected chi connectivity index (χ0v) is 13.3. The van der Waals surface area contributed by atoms with Gasteiger partial charge in [-0.2, -0.15) is 4.98 Å². The molecule has 124 valence electrons. The molecule has 1 aliphatic rings. The Kier molecular flexibility index (Phi) is 4.71. The molecule has 23 heavy (non-hydrogen) atoms. The fraction of sp³-hybridized carbons (Fsp3) is 0.533. The van der Waals surface area contributed by atoms with Crippen LogP contribution in [-0.2, 0) is 6.54 Å². The van der Waals surface area contributed by atoms with Crippen molar-refractivity contribution in [2.24, 2.45) is 0 Å². The van der Waals surface area contributed by atoms with E-state index in [1.165, 1.54) is 12.3 Å². The van der Waals surface area contributed by atoms with Gasteiger partial charge in [-0.05, 0) is 36.7 Å². The fourth-order valence-electron chi connectivity index (χ4n) is 2.55. The van der Waals surface area contributed by atoms with E-state index in [4.69, 9.17) is 9.26 Å². The first-order valence-electron chi connectivity index (χ1n) is 7.61. The van der Waals surface area contributed by atoms with Crippen LogP contribution in [-0.4, -0.2) is 53.3 Å². The Labute approximate surface area is 134 Å². The number of rotatable bonds is 5. The Balaban J connectivity index is 1.58. The van der Waals surface area contributed by atoms with Crippen molar-refractivity contribution < 1.29 is 13.7 Å². The average molecular weight is 321 g/mol. The van der Waals surface area contributed by atoms with Crippen molar-refractivity contribution in [2.75, 3.05) is 32.1 Å². The molecular formula is C15H20FN5O2. The molecule has 0 amide bonds. The second-order valence-electron chi connectivity index (χ2n) is 5.79. The zero-order chi connectivity index (χ0) is 16.2. The van der Waals surface area contributed by atoms with Crippen LogP contribution in [0.15, 0.2) is 22.9 Å². The molecule has 0 N–H and O–H groups in total. The summed E-state index contributed by atoms with van der Waals surface area (Å²) in [6.07, 6.45) is 3.28. The van der Waals surface area contributed by atoms with Crippen molar-refractivity contribution in [1.29, 1.82) is 0 Å². The molecule has 2 aromatic rings. The summed E-state index contributed by atoms with van der Waals surface area (Å²) in [4.78, 5) is 12.2. The number of piperidine rings is 1. The maximum absolute atomic E-state index is 13.6.